The van der Waals surface area contributed by atoms with Gasteiger partial charge in [-0.05, 0) is 71.6 Å². The first-order valence-electron chi connectivity index (χ1n) is 10.3. The molecule has 1 N–H and O–H groups in total. The molecule has 1 fully saturated rings. The topological polar surface area (TPSA) is 92.6 Å². The molecule has 1 aliphatic carbocycles. The number of hydrogen-bond donors (Lipinski definition) is 1. The third-order valence-electron chi connectivity index (χ3n) is 5.43. The molecule has 0 aliphatic heterocycles. The number of hydrogen-bond acceptors (Lipinski definition) is 5. The number of carboxylic acids is 1. The molecule has 1 amide bonds. The van der Waals surface area contributed by atoms with Gasteiger partial charge < -0.3 is 14.7 Å². The van der Waals surface area contributed by atoms with Crippen molar-refractivity contribution in [3.05, 3.63) is 75.1 Å². The van der Waals surface area contributed by atoms with Crippen LogP contribution in [0.15, 0.2) is 53.3 Å². The van der Waals surface area contributed by atoms with E-state index in [4.69, 9.17) is 16.3 Å². The molecule has 0 saturated heterocycles. The van der Waals surface area contributed by atoms with Crippen molar-refractivity contribution in [3.8, 4) is 11.6 Å². The van der Waals surface area contributed by atoms with Gasteiger partial charge in [0.05, 0.1) is 16.3 Å². The van der Waals surface area contributed by atoms with Crippen LogP contribution in [0.3, 0.4) is 0 Å². The number of ether oxygens (including phenoxy) is 1. The summed E-state index contributed by atoms with van der Waals surface area (Å²) in [7, 11) is 0. The minimum Gasteiger partial charge on any atom is -0.478 e. The van der Waals surface area contributed by atoms with Crippen LogP contribution in [0.25, 0.3) is 0 Å². The Balaban J connectivity index is 1.78. The van der Waals surface area contributed by atoms with Gasteiger partial charge in [0, 0.05) is 22.9 Å². The van der Waals surface area contributed by atoms with Gasteiger partial charge in [-0.25, -0.2) is 14.8 Å². The number of anilines is 1. The Morgan fingerprint density at radius 1 is 1.17 bits per heavy atom. The lowest BCUT2D eigenvalue weighted by Crippen LogP contribution is -2.45. The molecule has 182 valence electrons. The summed E-state index contributed by atoms with van der Waals surface area (Å²) in [5.41, 5.74) is -1.43. The van der Waals surface area contributed by atoms with E-state index < -0.39 is 29.5 Å². The van der Waals surface area contributed by atoms with Gasteiger partial charge in [0.1, 0.15) is 17.0 Å². The zero-order chi connectivity index (χ0) is 25.3. The number of amides is 1. The van der Waals surface area contributed by atoms with Crippen molar-refractivity contribution in [1.29, 1.82) is 0 Å². The normalized spacial score (nSPS) is 13.7. The number of carboxylic acid groups (broad SMARTS) is 1. The van der Waals surface area contributed by atoms with E-state index in [1.165, 1.54) is 23.2 Å². The molecule has 0 bridgehead atoms. The van der Waals surface area contributed by atoms with Crippen molar-refractivity contribution >= 4 is 45.1 Å². The molecular weight excluding hydrogens is 555 g/mol. The van der Waals surface area contributed by atoms with Gasteiger partial charge >= 0.3 is 12.1 Å². The summed E-state index contributed by atoms with van der Waals surface area (Å²) < 4.78 is 46.0. The van der Waals surface area contributed by atoms with Crippen LogP contribution in [-0.2, 0) is 6.18 Å². The first kappa shape index (κ1) is 24.9. The maximum Gasteiger partial charge on any atom is 0.421 e. The molecule has 12 heteroatoms. The summed E-state index contributed by atoms with van der Waals surface area (Å²) in [5.74, 6) is -3.07. The summed E-state index contributed by atoms with van der Waals surface area (Å²) in [5, 5.41) is 9.70. The average Bonchev–Trinajstić information content (AvgIpc) is 2.77. The van der Waals surface area contributed by atoms with E-state index in [9.17, 15) is 27.9 Å². The Bertz CT molecular complexity index is 1280. The highest BCUT2D eigenvalue weighted by atomic mass is 79.9. The number of rotatable bonds is 6. The van der Waals surface area contributed by atoms with Gasteiger partial charge in [0.25, 0.3) is 5.91 Å². The van der Waals surface area contributed by atoms with E-state index in [-0.39, 0.29) is 33.8 Å². The number of benzene rings is 1. The van der Waals surface area contributed by atoms with Gasteiger partial charge in [-0.15, -0.1) is 0 Å². The summed E-state index contributed by atoms with van der Waals surface area (Å²) in [6.45, 7) is 0. The fourth-order valence-corrected chi connectivity index (χ4v) is 3.96. The number of carbonyl (C=O) groups is 2. The lowest BCUT2D eigenvalue weighted by atomic mass is 9.90. The largest absolute Gasteiger partial charge is 0.478 e. The molecular formula is C23H16BrClF3N3O4. The Morgan fingerprint density at radius 2 is 1.91 bits per heavy atom. The number of halogens is 5. The summed E-state index contributed by atoms with van der Waals surface area (Å²) in [6.07, 6.45) is -0.0805. The monoisotopic (exact) mass is 569 g/mol. The molecule has 0 radical (unpaired) electrons. The van der Waals surface area contributed by atoms with E-state index in [0.29, 0.717) is 17.3 Å². The van der Waals surface area contributed by atoms with E-state index in [2.05, 4.69) is 25.9 Å². The Morgan fingerprint density at radius 3 is 2.49 bits per heavy atom. The van der Waals surface area contributed by atoms with Crippen molar-refractivity contribution < 1.29 is 32.6 Å². The molecule has 3 aromatic rings. The zero-order valence-corrected chi connectivity index (χ0v) is 20.1. The standard InChI is InChI=1S/C23H16BrClF3N3O4/c24-12-6-7-17(30-11-12)21(32)31(13-3-1-4-13)18-10-16(25)19(9-14(18)22(33)34)35-20-15(23(26,27)28)5-2-8-29-20/h2,5-11,13H,1,3-4H2,(H,33,34). The van der Waals surface area contributed by atoms with E-state index >= 15 is 0 Å². The molecule has 2 heterocycles. The maximum absolute atomic E-state index is 13.4. The number of aromatic nitrogens is 2. The molecule has 0 unspecified atom stereocenters. The Labute approximate surface area is 210 Å². The van der Waals surface area contributed by atoms with Crippen molar-refractivity contribution in [2.24, 2.45) is 0 Å². The van der Waals surface area contributed by atoms with Gasteiger partial charge in [-0.1, -0.05) is 11.6 Å². The molecule has 4 rings (SSSR count). The highest BCUT2D eigenvalue weighted by molar-refractivity contribution is 9.10. The van der Waals surface area contributed by atoms with Crippen LogP contribution in [0.5, 0.6) is 11.6 Å². The van der Waals surface area contributed by atoms with Crippen molar-refractivity contribution in [3.63, 3.8) is 0 Å². The van der Waals surface area contributed by atoms with E-state index in [1.807, 2.05) is 0 Å². The van der Waals surface area contributed by atoms with E-state index in [0.717, 1.165) is 30.8 Å². The fourth-order valence-electron chi connectivity index (χ4n) is 3.53. The van der Waals surface area contributed by atoms with Crippen molar-refractivity contribution in [1.82, 2.24) is 9.97 Å². The molecule has 1 aliphatic rings. The molecule has 2 aromatic heterocycles. The van der Waals surface area contributed by atoms with Crippen molar-refractivity contribution in [2.75, 3.05) is 4.90 Å². The first-order valence-corrected chi connectivity index (χ1v) is 11.5. The predicted octanol–water partition coefficient (Wildman–Crippen LogP) is 6.60. The predicted molar refractivity (Wildman–Crippen MR) is 124 cm³/mol. The Kier molecular flexibility index (Phi) is 7.00. The van der Waals surface area contributed by atoms with Crippen LogP contribution < -0.4 is 9.64 Å². The van der Waals surface area contributed by atoms with Gasteiger partial charge in [-0.2, -0.15) is 13.2 Å². The summed E-state index contributed by atoms with van der Waals surface area (Å²) >= 11 is 9.57. The molecule has 1 saturated carbocycles. The second-order valence-electron chi connectivity index (χ2n) is 7.68. The molecule has 1 aromatic carbocycles. The fraction of sp³-hybridized carbons (Fsp3) is 0.217. The van der Waals surface area contributed by atoms with Crippen molar-refractivity contribution in [2.45, 2.75) is 31.5 Å². The number of aromatic carboxylic acids is 1. The van der Waals surface area contributed by atoms with Crippen LogP contribution in [0.4, 0.5) is 18.9 Å². The van der Waals surface area contributed by atoms with E-state index in [1.54, 1.807) is 6.07 Å². The molecule has 0 atom stereocenters. The highest BCUT2D eigenvalue weighted by Crippen LogP contribution is 2.42. The van der Waals surface area contributed by atoms with Gasteiger partial charge in [0.2, 0.25) is 5.88 Å². The lowest BCUT2D eigenvalue weighted by molar-refractivity contribution is -0.138. The summed E-state index contributed by atoms with van der Waals surface area (Å²) in [6, 6.07) is 6.91. The number of nitrogens with zero attached hydrogens (tertiary/aromatic N) is 3. The smallest absolute Gasteiger partial charge is 0.421 e. The SMILES string of the molecule is O=C(O)c1cc(Oc2ncccc2C(F)(F)F)c(Cl)cc1N(C(=O)c1ccc(Br)cn1)C1CCC1. The maximum atomic E-state index is 13.4. The molecule has 35 heavy (non-hydrogen) atoms. The summed E-state index contributed by atoms with van der Waals surface area (Å²) in [4.78, 5) is 34.5. The van der Waals surface area contributed by atoms with Crippen LogP contribution in [0, 0.1) is 0 Å². The average molecular weight is 571 g/mol. The molecule has 7 nitrogen and oxygen atoms in total. The third kappa shape index (κ3) is 5.25. The minimum absolute atomic E-state index is 0.00802. The zero-order valence-electron chi connectivity index (χ0n) is 17.7. The highest BCUT2D eigenvalue weighted by Gasteiger charge is 2.37. The van der Waals surface area contributed by atoms with Gasteiger partial charge in [-0.3, -0.25) is 4.79 Å². The minimum atomic E-state index is -4.75. The lowest BCUT2D eigenvalue weighted by Gasteiger charge is -2.38. The van der Waals surface area contributed by atoms with Crippen LogP contribution in [0.1, 0.15) is 45.7 Å². The second kappa shape index (κ2) is 9.82. The molecule has 0 spiro atoms. The second-order valence-corrected chi connectivity index (χ2v) is 9.01. The number of carbonyl (C=O) groups excluding carboxylic acids is 1. The first-order chi connectivity index (χ1) is 16.6. The third-order valence-corrected chi connectivity index (χ3v) is 6.19. The number of alkyl halides is 3. The van der Waals surface area contributed by atoms with Crippen LogP contribution in [-0.4, -0.2) is 33.0 Å². The quantitative estimate of drug-likeness (QED) is 0.359. The Hall–Kier alpha value is -3.18. The number of pyridine rings is 2. The van der Waals surface area contributed by atoms with Crippen LogP contribution >= 0.6 is 27.5 Å². The van der Waals surface area contributed by atoms with Crippen LogP contribution in [0.2, 0.25) is 5.02 Å². The van der Waals surface area contributed by atoms with Gasteiger partial charge in [0.15, 0.2) is 0 Å².